The summed E-state index contributed by atoms with van der Waals surface area (Å²) in [6.45, 7) is 5.32. The zero-order chi connectivity index (χ0) is 27.9. The molecule has 3 aliphatic rings. The lowest BCUT2D eigenvalue weighted by Gasteiger charge is -2.46. The number of fused-ring (bicyclic) bond motifs is 1. The number of benzene rings is 2. The molecule has 0 unspecified atom stereocenters. The SMILES string of the molecule is Nc1ncnc2c1n(-c1ccc(Oc3ccccc3)cc1)c(=O)n2[C@@H]1CCN(C2CCN(C3CNC3)CC2)C[C@H]1F. The molecule has 214 valence electrons. The van der Waals surface area contributed by atoms with Gasteiger partial charge in [0, 0.05) is 51.4 Å². The molecule has 5 heterocycles. The summed E-state index contributed by atoms with van der Waals surface area (Å²) in [5.74, 6) is 1.53. The van der Waals surface area contributed by atoms with Crippen LogP contribution in [0, 0.1) is 0 Å². The molecule has 2 aromatic heterocycles. The van der Waals surface area contributed by atoms with E-state index >= 15 is 4.39 Å². The standard InChI is InChI=1S/C30H35FN8O2/c31-25-18-37(20-10-13-36(14-11-20)22-16-33-17-22)15-12-26(25)39-29-27(28(32)34-19-35-29)38(30(39)40)21-6-8-24(9-7-21)41-23-4-2-1-3-5-23/h1-9,19-20,22,25-26,33H,10-18H2,(H2,32,34,35)/t25-,26-/m1/s1. The lowest BCUT2D eigenvalue weighted by molar-refractivity contribution is 0.0206. The summed E-state index contributed by atoms with van der Waals surface area (Å²) in [6, 6.07) is 17.1. The molecule has 3 saturated heterocycles. The summed E-state index contributed by atoms with van der Waals surface area (Å²) in [5, 5.41) is 3.35. The van der Waals surface area contributed by atoms with Crippen molar-refractivity contribution in [3.63, 3.8) is 0 Å². The van der Waals surface area contributed by atoms with Crippen molar-refractivity contribution >= 4 is 17.0 Å². The van der Waals surface area contributed by atoms with Gasteiger partial charge in [-0.3, -0.25) is 18.9 Å². The van der Waals surface area contributed by atoms with Crippen LogP contribution in [-0.2, 0) is 0 Å². The summed E-state index contributed by atoms with van der Waals surface area (Å²) >= 11 is 0. The number of alkyl halides is 1. The highest BCUT2D eigenvalue weighted by molar-refractivity contribution is 5.84. The topological polar surface area (TPSA) is 106 Å². The van der Waals surface area contributed by atoms with Gasteiger partial charge in [0.15, 0.2) is 11.5 Å². The lowest BCUT2D eigenvalue weighted by atomic mass is 9.95. The quantitative estimate of drug-likeness (QED) is 0.372. The van der Waals surface area contributed by atoms with Crippen LogP contribution in [0.2, 0.25) is 0 Å². The second kappa shape index (κ2) is 10.9. The van der Waals surface area contributed by atoms with Crippen molar-refractivity contribution in [3.05, 3.63) is 71.4 Å². The van der Waals surface area contributed by atoms with Crippen LogP contribution in [-0.4, -0.2) is 86.4 Å². The predicted molar refractivity (Wildman–Crippen MR) is 155 cm³/mol. The molecule has 3 fully saturated rings. The summed E-state index contributed by atoms with van der Waals surface area (Å²) in [6.07, 6.45) is 2.78. The number of imidazole rings is 1. The zero-order valence-electron chi connectivity index (χ0n) is 22.9. The van der Waals surface area contributed by atoms with Crippen LogP contribution in [0.3, 0.4) is 0 Å². The van der Waals surface area contributed by atoms with E-state index in [1.165, 1.54) is 15.5 Å². The van der Waals surface area contributed by atoms with Crippen molar-refractivity contribution in [1.82, 2.24) is 34.2 Å². The molecule has 4 aromatic rings. The number of hydrogen-bond donors (Lipinski definition) is 2. The number of piperidine rings is 2. The molecule has 3 aliphatic heterocycles. The summed E-state index contributed by atoms with van der Waals surface area (Å²) < 4.78 is 24.9. The number of likely N-dealkylation sites (tertiary alicyclic amines) is 2. The molecule has 3 N–H and O–H groups in total. The Hall–Kier alpha value is -3.80. The van der Waals surface area contributed by atoms with Gasteiger partial charge in [0.1, 0.15) is 29.5 Å². The van der Waals surface area contributed by atoms with Crippen molar-refractivity contribution in [2.24, 2.45) is 0 Å². The fourth-order valence-corrected chi connectivity index (χ4v) is 6.58. The van der Waals surface area contributed by atoms with Gasteiger partial charge in [-0.05, 0) is 55.7 Å². The Bertz CT molecular complexity index is 1560. The molecule has 2 aromatic carbocycles. The van der Waals surface area contributed by atoms with Gasteiger partial charge in [0.2, 0.25) is 0 Å². The van der Waals surface area contributed by atoms with Crippen LogP contribution >= 0.6 is 0 Å². The minimum Gasteiger partial charge on any atom is -0.457 e. The van der Waals surface area contributed by atoms with Gasteiger partial charge >= 0.3 is 5.69 Å². The minimum atomic E-state index is -1.20. The summed E-state index contributed by atoms with van der Waals surface area (Å²) in [5.41, 5.74) is 7.24. The number of nitrogens with one attached hydrogen (secondary N) is 1. The smallest absolute Gasteiger partial charge is 0.335 e. The monoisotopic (exact) mass is 558 g/mol. The number of anilines is 1. The van der Waals surface area contributed by atoms with Crippen LogP contribution in [0.25, 0.3) is 16.9 Å². The average Bonchev–Trinajstić information content (AvgIpc) is 3.26. The Morgan fingerprint density at radius 2 is 1.59 bits per heavy atom. The Balaban J connectivity index is 1.13. The largest absolute Gasteiger partial charge is 0.457 e. The maximum absolute atomic E-state index is 16.0. The first-order valence-electron chi connectivity index (χ1n) is 14.5. The highest BCUT2D eigenvalue weighted by Crippen LogP contribution is 2.32. The molecule has 2 atom stereocenters. The molecule has 0 saturated carbocycles. The number of ether oxygens (including phenoxy) is 1. The van der Waals surface area contributed by atoms with Crippen LogP contribution < -0.4 is 21.5 Å². The third kappa shape index (κ3) is 4.87. The minimum absolute atomic E-state index is 0.178. The zero-order valence-corrected chi connectivity index (χ0v) is 22.9. The first-order chi connectivity index (χ1) is 20.1. The van der Waals surface area contributed by atoms with Crippen LogP contribution in [0.5, 0.6) is 11.5 Å². The van der Waals surface area contributed by atoms with E-state index in [1.54, 1.807) is 24.3 Å². The van der Waals surface area contributed by atoms with Gasteiger partial charge in [-0.25, -0.2) is 19.2 Å². The molecule has 0 aliphatic carbocycles. The average molecular weight is 559 g/mol. The third-order valence-corrected chi connectivity index (χ3v) is 8.92. The van der Waals surface area contributed by atoms with E-state index in [-0.39, 0.29) is 11.5 Å². The number of hydrogen-bond acceptors (Lipinski definition) is 8. The summed E-state index contributed by atoms with van der Waals surface area (Å²) in [4.78, 5) is 27.4. The molecule has 0 bridgehead atoms. The Morgan fingerprint density at radius 1 is 0.878 bits per heavy atom. The molecule has 0 spiro atoms. The number of nitrogens with zero attached hydrogens (tertiary/aromatic N) is 6. The second-order valence-corrected chi connectivity index (χ2v) is 11.3. The lowest BCUT2D eigenvalue weighted by Crippen LogP contribution is -2.60. The number of para-hydroxylation sites is 1. The number of halogens is 1. The third-order valence-electron chi connectivity index (χ3n) is 8.92. The van der Waals surface area contributed by atoms with E-state index < -0.39 is 12.2 Å². The first-order valence-corrected chi connectivity index (χ1v) is 14.5. The number of nitrogen functional groups attached to an aromatic ring is 1. The molecular formula is C30H35FN8O2. The Morgan fingerprint density at radius 3 is 2.27 bits per heavy atom. The van der Waals surface area contributed by atoms with Gasteiger partial charge in [0.25, 0.3) is 0 Å². The maximum atomic E-state index is 16.0. The highest BCUT2D eigenvalue weighted by atomic mass is 19.1. The maximum Gasteiger partial charge on any atom is 0.335 e. The molecule has 41 heavy (non-hydrogen) atoms. The molecule has 11 heteroatoms. The highest BCUT2D eigenvalue weighted by Gasteiger charge is 2.38. The number of nitrogens with two attached hydrogens (primary N) is 1. The molecular weight excluding hydrogens is 523 g/mol. The van der Waals surface area contributed by atoms with Crippen molar-refractivity contribution in [3.8, 4) is 17.2 Å². The van der Waals surface area contributed by atoms with E-state index in [9.17, 15) is 4.79 Å². The van der Waals surface area contributed by atoms with Crippen LogP contribution in [0.15, 0.2) is 65.7 Å². The Kier molecular flexibility index (Phi) is 6.93. The van der Waals surface area contributed by atoms with E-state index in [1.807, 2.05) is 30.3 Å². The van der Waals surface area contributed by atoms with Gasteiger partial charge in [-0.1, -0.05) is 18.2 Å². The predicted octanol–water partition coefficient (Wildman–Crippen LogP) is 2.98. The van der Waals surface area contributed by atoms with Gasteiger partial charge in [-0.2, -0.15) is 0 Å². The molecule has 0 radical (unpaired) electrons. The number of rotatable bonds is 6. The van der Waals surface area contributed by atoms with Gasteiger partial charge in [-0.15, -0.1) is 0 Å². The molecule has 0 amide bonds. The molecule has 10 nitrogen and oxygen atoms in total. The van der Waals surface area contributed by atoms with Crippen molar-refractivity contribution in [2.45, 2.75) is 43.6 Å². The van der Waals surface area contributed by atoms with E-state index in [2.05, 4.69) is 25.1 Å². The van der Waals surface area contributed by atoms with E-state index in [0.29, 0.717) is 53.4 Å². The van der Waals surface area contributed by atoms with Crippen molar-refractivity contribution < 1.29 is 9.13 Å². The molecule has 7 rings (SSSR count). The second-order valence-electron chi connectivity index (χ2n) is 11.3. The first kappa shape index (κ1) is 26.1. The van der Waals surface area contributed by atoms with E-state index in [0.717, 1.165) is 45.6 Å². The summed E-state index contributed by atoms with van der Waals surface area (Å²) in [7, 11) is 0. The normalized spacial score (nSPS) is 23.0. The van der Waals surface area contributed by atoms with Crippen LogP contribution in [0.1, 0.15) is 25.3 Å². The fraction of sp³-hybridized carbons (Fsp3) is 0.433. The van der Waals surface area contributed by atoms with Gasteiger partial charge < -0.3 is 15.8 Å². The van der Waals surface area contributed by atoms with E-state index in [4.69, 9.17) is 10.5 Å². The Labute approximate surface area is 237 Å². The number of aromatic nitrogens is 4. The van der Waals surface area contributed by atoms with Crippen molar-refractivity contribution in [2.75, 3.05) is 45.0 Å². The van der Waals surface area contributed by atoms with Gasteiger partial charge in [0.05, 0.1) is 11.7 Å². The fourth-order valence-electron chi connectivity index (χ4n) is 6.58. The van der Waals surface area contributed by atoms with Crippen LogP contribution in [0.4, 0.5) is 10.2 Å². The van der Waals surface area contributed by atoms with Crippen molar-refractivity contribution in [1.29, 1.82) is 0 Å².